The van der Waals surface area contributed by atoms with Gasteiger partial charge in [0.2, 0.25) is 0 Å². The summed E-state index contributed by atoms with van der Waals surface area (Å²) in [5.74, 6) is 0.768. The number of para-hydroxylation sites is 1. The Morgan fingerprint density at radius 3 is 2.02 bits per heavy atom. The number of nitrogens with zero attached hydrogens (tertiary/aromatic N) is 3. The zero-order valence-corrected chi connectivity index (χ0v) is 29.1. The SMILES string of the molecule is CC1(C)c2ccccc2-c2cc3c(cc21)c1ccccc1n3-c1ccc(-c2nc(-c3ccccc3)c3c(n2)-c2ccccc2[Si]3(C)C)cc1. The maximum Gasteiger partial charge on any atom is 0.160 e. The summed E-state index contributed by atoms with van der Waals surface area (Å²) in [6.07, 6.45) is 0. The minimum Gasteiger partial charge on any atom is -0.309 e. The minimum atomic E-state index is -2.00. The Hall–Kier alpha value is -5.58. The first-order chi connectivity index (χ1) is 23.8. The van der Waals surface area contributed by atoms with Crippen LogP contribution in [0, 0.1) is 0 Å². The molecular formula is C45H35N3Si. The Labute approximate surface area is 287 Å². The lowest BCUT2D eigenvalue weighted by Gasteiger charge is -2.21. The molecule has 2 aromatic heterocycles. The fraction of sp³-hybridized carbons (Fsp3) is 0.111. The highest BCUT2D eigenvalue weighted by Gasteiger charge is 2.42. The number of hydrogen-bond donors (Lipinski definition) is 0. The van der Waals surface area contributed by atoms with Crippen molar-refractivity contribution in [1.29, 1.82) is 0 Å². The van der Waals surface area contributed by atoms with Crippen LogP contribution >= 0.6 is 0 Å². The molecule has 6 aromatic carbocycles. The zero-order chi connectivity index (χ0) is 33.1. The van der Waals surface area contributed by atoms with Gasteiger partial charge < -0.3 is 4.57 Å². The summed E-state index contributed by atoms with van der Waals surface area (Å²) in [7, 11) is -2.00. The van der Waals surface area contributed by atoms with Crippen LogP contribution in [0.15, 0.2) is 140 Å². The maximum atomic E-state index is 5.35. The second-order valence-corrected chi connectivity index (χ2v) is 18.9. The molecule has 10 rings (SSSR count). The predicted octanol–water partition coefficient (Wildman–Crippen LogP) is 10.0. The molecule has 0 unspecified atom stereocenters. The molecule has 0 spiro atoms. The Bertz CT molecular complexity index is 2650. The first-order valence-corrected chi connectivity index (χ1v) is 20.2. The van der Waals surface area contributed by atoms with Crippen molar-refractivity contribution in [2.24, 2.45) is 0 Å². The number of aromatic nitrogens is 3. The molecule has 49 heavy (non-hydrogen) atoms. The van der Waals surface area contributed by atoms with Gasteiger partial charge in [0.1, 0.15) is 8.07 Å². The quantitative estimate of drug-likeness (QED) is 0.179. The fourth-order valence-corrected chi connectivity index (χ4v) is 12.0. The highest BCUT2D eigenvalue weighted by atomic mass is 28.3. The van der Waals surface area contributed by atoms with E-state index < -0.39 is 8.07 Å². The number of benzene rings is 6. The van der Waals surface area contributed by atoms with E-state index in [0.717, 1.165) is 34.0 Å². The molecule has 0 amide bonds. The molecule has 0 N–H and O–H groups in total. The van der Waals surface area contributed by atoms with Crippen molar-refractivity contribution in [2.45, 2.75) is 32.4 Å². The Balaban J connectivity index is 1.16. The van der Waals surface area contributed by atoms with Crippen molar-refractivity contribution in [3.8, 4) is 50.7 Å². The second-order valence-electron chi connectivity index (χ2n) is 14.6. The second kappa shape index (κ2) is 9.97. The van der Waals surface area contributed by atoms with Crippen LogP contribution in [0.2, 0.25) is 13.1 Å². The molecule has 234 valence electrons. The number of rotatable bonds is 3. The van der Waals surface area contributed by atoms with Gasteiger partial charge in [0.05, 0.1) is 22.4 Å². The van der Waals surface area contributed by atoms with E-state index in [2.05, 4.69) is 171 Å². The molecule has 0 atom stereocenters. The van der Waals surface area contributed by atoms with Crippen LogP contribution in [0.25, 0.3) is 72.5 Å². The van der Waals surface area contributed by atoms with Gasteiger partial charge in [-0.05, 0) is 80.7 Å². The van der Waals surface area contributed by atoms with Gasteiger partial charge in [-0.3, -0.25) is 0 Å². The molecular weight excluding hydrogens is 611 g/mol. The van der Waals surface area contributed by atoms with Crippen LogP contribution in [0.4, 0.5) is 0 Å². The van der Waals surface area contributed by atoms with E-state index in [1.165, 1.54) is 60.0 Å². The van der Waals surface area contributed by atoms with Crippen molar-refractivity contribution < 1.29 is 0 Å². The van der Waals surface area contributed by atoms with Crippen LogP contribution in [0.3, 0.4) is 0 Å². The molecule has 3 nitrogen and oxygen atoms in total. The standard InChI is InChI=1S/C45H35N3Si/c1-45(2)36-19-11-8-16-31(36)34-27-39-35(26-37(34)45)32-17-9-12-20-38(32)48(39)30-24-22-29(23-25-30)44-46-41(28-14-6-5-7-15-28)43-42(47-44)33-18-10-13-21-40(33)49(43,3)4/h5-27H,1-4H3. The molecule has 2 aliphatic rings. The molecule has 0 saturated carbocycles. The van der Waals surface area contributed by atoms with Gasteiger partial charge in [0, 0.05) is 33.0 Å². The number of hydrogen-bond acceptors (Lipinski definition) is 2. The van der Waals surface area contributed by atoms with E-state index in [0.29, 0.717) is 0 Å². The van der Waals surface area contributed by atoms with Crippen molar-refractivity contribution in [3.63, 3.8) is 0 Å². The third-order valence-corrected chi connectivity index (χ3v) is 14.7. The Morgan fingerprint density at radius 1 is 0.531 bits per heavy atom. The first-order valence-electron chi connectivity index (χ1n) is 17.2. The van der Waals surface area contributed by atoms with Gasteiger partial charge in [0.15, 0.2) is 5.82 Å². The fourth-order valence-electron chi connectivity index (χ4n) is 8.75. The van der Waals surface area contributed by atoms with E-state index in [-0.39, 0.29) is 5.41 Å². The van der Waals surface area contributed by atoms with Crippen LogP contribution < -0.4 is 10.4 Å². The lowest BCUT2D eigenvalue weighted by Crippen LogP contribution is -2.50. The van der Waals surface area contributed by atoms with Crippen molar-refractivity contribution in [2.75, 3.05) is 0 Å². The van der Waals surface area contributed by atoms with E-state index >= 15 is 0 Å². The number of fused-ring (bicyclic) bond motifs is 9. The lowest BCUT2D eigenvalue weighted by molar-refractivity contribution is 0.661. The Kier molecular flexibility index (Phi) is 5.79. The summed E-state index contributed by atoms with van der Waals surface area (Å²) < 4.78 is 2.42. The predicted molar refractivity (Wildman–Crippen MR) is 207 cm³/mol. The third kappa shape index (κ3) is 3.89. The van der Waals surface area contributed by atoms with Crippen molar-refractivity contribution >= 4 is 40.3 Å². The topological polar surface area (TPSA) is 30.7 Å². The zero-order valence-electron chi connectivity index (χ0n) is 28.1. The van der Waals surface area contributed by atoms with Gasteiger partial charge in [-0.1, -0.05) is 124 Å². The maximum absolute atomic E-state index is 5.35. The minimum absolute atomic E-state index is 0.0440. The van der Waals surface area contributed by atoms with Gasteiger partial charge in [-0.25, -0.2) is 9.97 Å². The molecule has 0 bridgehead atoms. The highest BCUT2D eigenvalue weighted by Crippen LogP contribution is 2.51. The summed E-state index contributed by atoms with van der Waals surface area (Å²) in [6.45, 7) is 9.58. The molecule has 0 radical (unpaired) electrons. The highest BCUT2D eigenvalue weighted by molar-refractivity contribution is 7.04. The van der Waals surface area contributed by atoms with E-state index in [4.69, 9.17) is 9.97 Å². The summed E-state index contributed by atoms with van der Waals surface area (Å²) in [6, 6.07) is 50.9. The summed E-state index contributed by atoms with van der Waals surface area (Å²) >= 11 is 0. The van der Waals surface area contributed by atoms with Crippen molar-refractivity contribution in [3.05, 3.63) is 151 Å². The molecule has 4 heteroatoms. The van der Waals surface area contributed by atoms with Gasteiger partial charge in [-0.2, -0.15) is 0 Å². The molecule has 0 saturated heterocycles. The summed E-state index contributed by atoms with van der Waals surface area (Å²) in [5.41, 5.74) is 14.6. The van der Waals surface area contributed by atoms with Crippen LogP contribution in [0.1, 0.15) is 25.0 Å². The van der Waals surface area contributed by atoms with Gasteiger partial charge >= 0.3 is 0 Å². The monoisotopic (exact) mass is 645 g/mol. The average Bonchev–Trinajstić information content (AvgIpc) is 3.68. The van der Waals surface area contributed by atoms with Crippen LogP contribution in [-0.4, -0.2) is 22.6 Å². The molecule has 8 aromatic rings. The normalized spacial score (nSPS) is 14.9. The van der Waals surface area contributed by atoms with Crippen LogP contribution in [-0.2, 0) is 5.41 Å². The molecule has 1 aliphatic heterocycles. The molecule has 0 fully saturated rings. The lowest BCUT2D eigenvalue weighted by atomic mass is 9.82. The van der Waals surface area contributed by atoms with E-state index in [1.54, 1.807) is 0 Å². The first kappa shape index (κ1) is 28.4. The largest absolute Gasteiger partial charge is 0.309 e. The summed E-state index contributed by atoms with van der Waals surface area (Å²) in [5, 5.41) is 5.34. The average molecular weight is 646 g/mol. The smallest absolute Gasteiger partial charge is 0.160 e. The molecule has 3 heterocycles. The van der Waals surface area contributed by atoms with E-state index in [9.17, 15) is 0 Å². The third-order valence-electron chi connectivity index (χ3n) is 11.2. The molecule has 1 aliphatic carbocycles. The van der Waals surface area contributed by atoms with Crippen molar-refractivity contribution in [1.82, 2.24) is 14.5 Å². The van der Waals surface area contributed by atoms with Gasteiger partial charge in [-0.15, -0.1) is 0 Å². The Morgan fingerprint density at radius 2 is 1.20 bits per heavy atom. The van der Waals surface area contributed by atoms with Crippen LogP contribution in [0.5, 0.6) is 0 Å². The summed E-state index contributed by atoms with van der Waals surface area (Å²) in [4.78, 5) is 10.7. The van der Waals surface area contributed by atoms with E-state index in [1.807, 2.05) is 0 Å². The van der Waals surface area contributed by atoms with Gasteiger partial charge in [0.25, 0.3) is 0 Å².